The van der Waals surface area contributed by atoms with E-state index in [9.17, 15) is 28.4 Å². The molecule has 0 spiro atoms. The van der Waals surface area contributed by atoms with Gasteiger partial charge in [-0.25, -0.2) is 0 Å². The normalized spacial score (nSPS) is 22.1. The molecule has 0 saturated heterocycles. The van der Waals surface area contributed by atoms with Crippen LogP contribution in [0.25, 0.3) is 0 Å². The van der Waals surface area contributed by atoms with E-state index in [2.05, 4.69) is 0 Å². The summed E-state index contributed by atoms with van der Waals surface area (Å²) in [5, 5.41) is 0. The maximum Gasteiger partial charge on any atom is 3.00 e. The zero-order valence-electron chi connectivity index (χ0n) is 8.28. The molecule has 0 radical (unpaired) electrons. The molecule has 0 heterocycles. The average molecular weight is 385 g/mol. The summed E-state index contributed by atoms with van der Waals surface area (Å²) in [5.74, 6) is 0. The number of hydrogen-bond acceptors (Lipinski definition) is 7. The molecule has 17 heavy (non-hydrogen) atoms. The molecule has 14 heteroatoms. The van der Waals surface area contributed by atoms with Crippen molar-refractivity contribution in [2.45, 2.75) is 0 Å². The van der Waals surface area contributed by atoms with Crippen molar-refractivity contribution in [2.24, 2.45) is 0 Å². The van der Waals surface area contributed by atoms with E-state index in [1.54, 1.807) is 0 Å². The molecule has 0 aromatic heterocycles. The van der Waals surface area contributed by atoms with Gasteiger partial charge in [-0.3, -0.25) is 4.90 Å². The third-order valence-corrected chi connectivity index (χ3v) is 3.41. The van der Waals surface area contributed by atoms with Crippen molar-refractivity contribution in [1.82, 2.24) is 4.90 Å². The van der Waals surface area contributed by atoms with Crippen molar-refractivity contribution in [3.05, 3.63) is 0 Å². The van der Waals surface area contributed by atoms with Crippen molar-refractivity contribution >= 4 is 22.8 Å². The Hall–Kier alpha value is 1.51. The van der Waals surface area contributed by atoms with Crippen LogP contribution < -0.4 is 14.7 Å². The number of rotatable bonds is 6. The first-order valence-corrected chi connectivity index (χ1v) is 8.88. The van der Waals surface area contributed by atoms with Crippen LogP contribution in [0.3, 0.4) is 0 Å². The molecule has 0 fully saturated rings. The standard InChI is InChI=1S/C3H12NO9P3.Y/c5-14(6,7)1-4(2-15(8,9)10)3-16(11,12)13;/h1-3H2,(H2,5,6,7)(H2,8,9,10)(H2,11,12,13);/q;+3/p-3. The summed E-state index contributed by atoms with van der Waals surface area (Å²) in [6.45, 7) is 0. The predicted molar refractivity (Wildman–Crippen MR) is 45.9 cm³/mol. The third-order valence-electron chi connectivity index (χ3n) is 1.14. The second-order valence-corrected chi connectivity index (χ2v) is 7.68. The van der Waals surface area contributed by atoms with Crippen molar-refractivity contribution in [3.8, 4) is 0 Å². The Morgan fingerprint density at radius 2 is 0.941 bits per heavy atom. The van der Waals surface area contributed by atoms with Crippen LogP contribution in [0.2, 0.25) is 0 Å². The summed E-state index contributed by atoms with van der Waals surface area (Å²) in [5.41, 5.74) is 0. The Morgan fingerprint density at radius 3 is 1.06 bits per heavy atom. The average Bonchev–Trinajstić information content (AvgIpc) is 1.70. The molecule has 98 valence electrons. The molecule has 3 N–H and O–H groups in total. The van der Waals surface area contributed by atoms with Gasteiger partial charge in [0.2, 0.25) is 0 Å². The molecule has 0 aliphatic carbocycles. The van der Waals surface area contributed by atoms with Crippen molar-refractivity contribution in [3.63, 3.8) is 0 Å². The molecule has 0 bridgehead atoms. The van der Waals surface area contributed by atoms with Crippen LogP contribution in [0, 0.1) is 0 Å². The fourth-order valence-electron chi connectivity index (χ4n) is 0.892. The van der Waals surface area contributed by atoms with Gasteiger partial charge in [0, 0.05) is 0 Å². The fourth-order valence-corrected chi connectivity index (χ4v) is 3.48. The Bertz CT molecular complexity index is 311. The molecule has 0 amide bonds. The van der Waals surface area contributed by atoms with Crippen molar-refractivity contribution < 1.29 is 75.8 Å². The molecule has 0 aromatic rings. The van der Waals surface area contributed by atoms with Gasteiger partial charge in [-0.1, -0.05) is 0 Å². The maximum absolute atomic E-state index is 10.4. The van der Waals surface area contributed by atoms with Gasteiger partial charge in [-0.15, -0.1) is 0 Å². The second-order valence-electron chi connectivity index (χ2n) is 3.01. The van der Waals surface area contributed by atoms with E-state index in [0.29, 0.717) is 0 Å². The topological polar surface area (TPSA) is 184 Å². The van der Waals surface area contributed by atoms with Gasteiger partial charge in [0.1, 0.15) is 22.8 Å². The number of nitrogens with zero attached hydrogens (tertiary/aromatic N) is 1. The van der Waals surface area contributed by atoms with Crippen LogP contribution >= 0.6 is 22.8 Å². The predicted octanol–water partition coefficient (Wildman–Crippen LogP) is -3.20. The Labute approximate surface area is 122 Å². The third kappa shape index (κ3) is 15.5. The van der Waals surface area contributed by atoms with Crippen LogP contribution in [-0.4, -0.2) is 38.4 Å². The van der Waals surface area contributed by atoms with E-state index >= 15 is 0 Å². The van der Waals surface area contributed by atoms with E-state index in [1.807, 2.05) is 0 Å². The monoisotopic (exact) mass is 385 g/mol. The first kappa shape index (κ1) is 20.8. The molecule has 3 atom stereocenters. The SMILES string of the molecule is O=P([O-])(O)CN(CP(=O)([O-])O)CP(=O)([O-])O.[Y+3]. The van der Waals surface area contributed by atoms with E-state index in [1.165, 1.54) is 0 Å². The minimum absolute atomic E-state index is 0. The first-order chi connectivity index (χ1) is 6.79. The minimum atomic E-state index is -4.96. The van der Waals surface area contributed by atoms with Crippen molar-refractivity contribution in [2.75, 3.05) is 18.9 Å². The quantitative estimate of drug-likeness (QED) is 0.393. The van der Waals surface area contributed by atoms with Crippen LogP contribution in [0.15, 0.2) is 0 Å². The van der Waals surface area contributed by atoms with Gasteiger partial charge in [-0.2, -0.15) is 0 Å². The van der Waals surface area contributed by atoms with Gasteiger partial charge < -0.3 is 43.1 Å². The molecule has 3 unspecified atom stereocenters. The van der Waals surface area contributed by atoms with Gasteiger partial charge >= 0.3 is 32.7 Å². The summed E-state index contributed by atoms with van der Waals surface area (Å²) in [6.07, 6.45) is -3.98. The van der Waals surface area contributed by atoms with Crippen LogP contribution in [0.1, 0.15) is 0 Å². The summed E-state index contributed by atoms with van der Waals surface area (Å²) in [7, 11) is -14.9. The second kappa shape index (κ2) is 7.34. The molecule has 0 aromatic carbocycles. The summed E-state index contributed by atoms with van der Waals surface area (Å²) in [6, 6.07) is 0. The molecule has 0 rings (SSSR count). The zero-order chi connectivity index (χ0) is 13.2. The van der Waals surface area contributed by atoms with Crippen molar-refractivity contribution in [1.29, 1.82) is 0 Å². The largest absolute Gasteiger partial charge is 3.00 e. The maximum atomic E-state index is 10.4. The molecule has 0 saturated carbocycles. The van der Waals surface area contributed by atoms with Gasteiger partial charge in [-0.05, 0) is 0 Å². The van der Waals surface area contributed by atoms with E-state index in [4.69, 9.17) is 14.7 Å². The Kier molecular flexibility index (Phi) is 8.99. The molecule has 0 aliphatic rings. The fraction of sp³-hybridized carbons (Fsp3) is 1.00. The van der Waals surface area contributed by atoms with E-state index in [0.717, 1.165) is 0 Å². The van der Waals surface area contributed by atoms with Crippen LogP contribution in [0.5, 0.6) is 0 Å². The summed E-state index contributed by atoms with van der Waals surface area (Å²) in [4.78, 5) is 56.6. The molecular weight excluding hydrogens is 376 g/mol. The zero-order valence-corrected chi connectivity index (χ0v) is 13.8. The van der Waals surface area contributed by atoms with Crippen LogP contribution in [-0.2, 0) is 46.4 Å². The van der Waals surface area contributed by atoms with Gasteiger partial charge in [0.05, 0.1) is 18.9 Å². The molecule has 0 aliphatic heterocycles. The van der Waals surface area contributed by atoms with E-state index < -0.39 is 41.6 Å². The van der Waals surface area contributed by atoms with Gasteiger partial charge in [0.15, 0.2) is 0 Å². The summed E-state index contributed by atoms with van der Waals surface area (Å²) < 4.78 is 31.2. The Balaban J connectivity index is 0. The molecule has 10 nitrogen and oxygen atoms in total. The molecular formula is C3H9NO9P3Y. The minimum Gasteiger partial charge on any atom is -0.778 e. The Morgan fingerprint density at radius 1 is 0.765 bits per heavy atom. The number of hydrogen-bond donors (Lipinski definition) is 3. The van der Waals surface area contributed by atoms with Crippen LogP contribution in [0.4, 0.5) is 0 Å². The summed E-state index contributed by atoms with van der Waals surface area (Å²) >= 11 is 0. The first-order valence-electron chi connectivity index (χ1n) is 3.59. The van der Waals surface area contributed by atoms with Gasteiger partial charge in [0.25, 0.3) is 0 Å². The smallest absolute Gasteiger partial charge is 0.778 e. The van der Waals surface area contributed by atoms with E-state index in [-0.39, 0.29) is 37.6 Å².